The second-order valence-corrected chi connectivity index (χ2v) is 9.18. The number of hydrogen-bond acceptors (Lipinski definition) is 7. The number of carbonyl (C=O) groups is 1. The smallest absolute Gasteiger partial charge is 0.282 e. The molecular weight excluding hydrogens is 427 g/mol. The van der Waals surface area contributed by atoms with Gasteiger partial charge in [0.05, 0.1) is 12.6 Å². The van der Waals surface area contributed by atoms with Crippen LogP contribution in [0.2, 0.25) is 0 Å². The van der Waals surface area contributed by atoms with Crippen molar-refractivity contribution in [3.05, 3.63) is 90.4 Å². The fraction of sp³-hybridized carbons (Fsp3) is 0.150. The summed E-state index contributed by atoms with van der Waals surface area (Å²) in [7, 11) is 0. The highest BCUT2D eigenvalue weighted by atomic mass is 32.1. The molecule has 0 radical (unpaired) electrons. The molecule has 0 saturated carbocycles. The molecule has 5 nitrogen and oxygen atoms in total. The molecule has 1 aromatic carbocycles. The Morgan fingerprint density at radius 1 is 0.966 bits per heavy atom. The highest BCUT2D eigenvalue weighted by Crippen LogP contribution is 2.29. The number of nitrogens with zero attached hydrogens (tertiary/aromatic N) is 2. The molecule has 0 bridgehead atoms. The standard InChI is InChI=1S/C20H17FN4OS3/c21-14-7-5-13(6-8-14)11-23-19(26)20-25-24-17(29-20)12-22-18(15-3-1-9-27-15)16-4-2-10-28-16/h1-10,18,22H,11-12H2,(H,23,26). The normalized spacial score (nSPS) is 11.1. The second kappa shape index (κ2) is 9.36. The number of rotatable bonds is 8. The average molecular weight is 445 g/mol. The van der Waals surface area contributed by atoms with Crippen molar-refractivity contribution in [2.45, 2.75) is 19.1 Å². The van der Waals surface area contributed by atoms with E-state index < -0.39 is 0 Å². The van der Waals surface area contributed by atoms with E-state index in [9.17, 15) is 9.18 Å². The van der Waals surface area contributed by atoms with Gasteiger partial charge in [0.25, 0.3) is 5.91 Å². The van der Waals surface area contributed by atoms with Crippen LogP contribution >= 0.6 is 34.0 Å². The third-order valence-electron chi connectivity index (χ3n) is 4.14. The van der Waals surface area contributed by atoms with E-state index in [2.05, 4.69) is 43.7 Å². The summed E-state index contributed by atoms with van der Waals surface area (Å²) in [6.45, 7) is 0.828. The maximum atomic E-state index is 13.0. The Kier molecular flexibility index (Phi) is 6.40. The van der Waals surface area contributed by atoms with Gasteiger partial charge in [-0.2, -0.15) is 0 Å². The average Bonchev–Trinajstić information content (AvgIpc) is 3.50. The molecule has 0 spiro atoms. The van der Waals surface area contributed by atoms with Gasteiger partial charge in [0.2, 0.25) is 5.01 Å². The van der Waals surface area contributed by atoms with Gasteiger partial charge in [0.15, 0.2) is 0 Å². The molecule has 1 amide bonds. The molecule has 0 unspecified atom stereocenters. The summed E-state index contributed by atoms with van der Waals surface area (Å²) < 4.78 is 13.0. The Bertz CT molecular complexity index is 1010. The van der Waals surface area contributed by atoms with Gasteiger partial charge in [-0.25, -0.2) is 4.39 Å². The lowest BCUT2D eigenvalue weighted by Gasteiger charge is -2.14. The lowest BCUT2D eigenvalue weighted by Crippen LogP contribution is -2.22. The number of benzene rings is 1. The van der Waals surface area contributed by atoms with E-state index in [1.54, 1.807) is 34.8 Å². The van der Waals surface area contributed by atoms with Crippen LogP contribution in [0, 0.1) is 5.82 Å². The number of halogens is 1. The quantitative estimate of drug-likeness (QED) is 0.417. The first-order valence-corrected chi connectivity index (χ1v) is 11.4. The molecule has 2 N–H and O–H groups in total. The number of carbonyl (C=O) groups excluding carboxylic acids is 1. The molecule has 4 rings (SSSR count). The zero-order valence-electron chi connectivity index (χ0n) is 15.2. The van der Waals surface area contributed by atoms with Crippen LogP contribution in [-0.4, -0.2) is 16.1 Å². The first-order chi connectivity index (χ1) is 14.2. The molecule has 148 valence electrons. The molecular formula is C20H17FN4OS3. The van der Waals surface area contributed by atoms with Crippen LogP contribution in [-0.2, 0) is 13.1 Å². The number of hydrogen-bond donors (Lipinski definition) is 2. The summed E-state index contributed by atoms with van der Waals surface area (Å²) in [6, 6.07) is 14.4. The van der Waals surface area contributed by atoms with Gasteiger partial charge in [0.1, 0.15) is 10.8 Å². The summed E-state index contributed by atoms with van der Waals surface area (Å²) in [5, 5.41) is 19.6. The molecule has 0 aliphatic rings. The van der Waals surface area contributed by atoms with Gasteiger partial charge in [0, 0.05) is 16.3 Å². The van der Waals surface area contributed by atoms with E-state index in [0.29, 0.717) is 18.1 Å². The Morgan fingerprint density at radius 2 is 1.66 bits per heavy atom. The molecule has 4 aromatic rings. The van der Waals surface area contributed by atoms with Gasteiger partial charge in [-0.05, 0) is 40.6 Å². The van der Waals surface area contributed by atoms with Crippen molar-refractivity contribution in [1.82, 2.24) is 20.8 Å². The van der Waals surface area contributed by atoms with Crippen LogP contribution in [0.4, 0.5) is 4.39 Å². The molecule has 0 atom stereocenters. The van der Waals surface area contributed by atoms with E-state index in [1.165, 1.54) is 33.2 Å². The first kappa shape index (κ1) is 19.8. The lowest BCUT2D eigenvalue weighted by atomic mass is 10.2. The Morgan fingerprint density at radius 3 is 2.28 bits per heavy atom. The Hall–Kier alpha value is -2.46. The largest absolute Gasteiger partial charge is 0.346 e. The minimum Gasteiger partial charge on any atom is -0.346 e. The fourth-order valence-corrected chi connectivity index (χ4v) is 5.14. The predicted molar refractivity (Wildman–Crippen MR) is 115 cm³/mol. The van der Waals surface area contributed by atoms with Gasteiger partial charge < -0.3 is 5.32 Å². The molecule has 0 aliphatic carbocycles. The minimum atomic E-state index is -0.301. The number of nitrogens with one attached hydrogen (secondary N) is 2. The van der Waals surface area contributed by atoms with Gasteiger partial charge in [-0.15, -0.1) is 32.9 Å². The van der Waals surface area contributed by atoms with Crippen LogP contribution in [0.15, 0.2) is 59.3 Å². The summed E-state index contributed by atoms with van der Waals surface area (Å²) in [5.74, 6) is -0.587. The summed E-state index contributed by atoms with van der Waals surface area (Å²) in [6.07, 6.45) is 0. The summed E-state index contributed by atoms with van der Waals surface area (Å²) in [5.41, 5.74) is 0.820. The third kappa shape index (κ3) is 5.13. The number of thiophene rings is 2. The Balaban J connectivity index is 1.36. The summed E-state index contributed by atoms with van der Waals surface area (Å²) >= 11 is 4.67. The van der Waals surface area contributed by atoms with Crippen LogP contribution in [0.1, 0.15) is 36.2 Å². The van der Waals surface area contributed by atoms with Crippen LogP contribution in [0.3, 0.4) is 0 Å². The van der Waals surface area contributed by atoms with E-state index in [-0.39, 0.29) is 17.8 Å². The van der Waals surface area contributed by atoms with E-state index >= 15 is 0 Å². The molecule has 0 saturated heterocycles. The lowest BCUT2D eigenvalue weighted by molar-refractivity contribution is 0.0950. The third-order valence-corrected chi connectivity index (χ3v) is 6.94. The van der Waals surface area contributed by atoms with Crippen LogP contribution in [0.5, 0.6) is 0 Å². The van der Waals surface area contributed by atoms with Crippen molar-refractivity contribution in [1.29, 1.82) is 0 Å². The van der Waals surface area contributed by atoms with Crippen LogP contribution < -0.4 is 10.6 Å². The Labute approximate surface area is 179 Å². The molecule has 0 aliphatic heterocycles. The zero-order chi connectivity index (χ0) is 20.1. The summed E-state index contributed by atoms with van der Waals surface area (Å²) in [4.78, 5) is 14.8. The predicted octanol–water partition coefficient (Wildman–Crippen LogP) is 4.61. The van der Waals surface area contributed by atoms with Gasteiger partial charge in [-0.3, -0.25) is 10.1 Å². The highest BCUT2D eigenvalue weighted by molar-refractivity contribution is 7.13. The van der Waals surface area contributed by atoms with E-state index in [0.717, 1.165) is 10.6 Å². The fourth-order valence-electron chi connectivity index (χ4n) is 2.72. The highest BCUT2D eigenvalue weighted by Gasteiger charge is 2.18. The maximum absolute atomic E-state index is 13.0. The van der Waals surface area contributed by atoms with Crippen molar-refractivity contribution >= 4 is 39.9 Å². The number of aromatic nitrogens is 2. The van der Waals surface area contributed by atoms with Crippen molar-refractivity contribution in [2.75, 3.05) is 0 Å². The van der Waals surface area contributed by atoms with Gasteiger partial charge in [-0.1, -0.05) is 35.6 Å². The van der Waals surface area contributed by atoms with Crippen molar-refractivity contribution in [3.63, 3.8) is 0 Å². The SMILES string of the molecule is O=C(NCc1ccc(F)cc1)c1nnc(CNC(c2cccs2)c2cccs2)s1. The molecule has 9 heteroatoms. The molecule has 29 heavy (non-hydrogen) atoms. The first-order valence-electron chi connectivity index (χ1n) is 8.84. The van der Waals surface area contributed by atoms with E-state index in [4.69, 9.17) is 0 Å². The second-order valence-electron chi connectivity index (χ2n) is 6.15. The van der Waals surface area contributed by atoms with Gasteiger partial charge >= 0.3 is 0 Å². The van der Waals surface area contributed by atoms with Crippen molar-refractivity contribution < 1.29 is 9.18 Å². The molecule has 0 fully saturated rings. The monoisotopic (exact) mass is 444 g/mol. The van der Waals surface area contributed by atoms with Crippen molar-refractivity contribution in [3.8, 4) is 0 Å². The van der Waals surface area contributed by atoms with Crippen LogP contribution in [0.25, 0.3) is 0 Å². The maximum Gasteiger partial charge on any atom is 0.282 e. The van der Waals surface area contributed by atoms with Crippen molar-refractivity contribution in [2.24, 2.45) is 0 Å². The molecule has 3 heterocycles. The minimum absolute atomic E-state index is 0.0923. The van der Waals surface area contributed by atoms with E-state index in [1.807, 2.05) is 12.1 Å². The molecule has 3 aromatic heterocycles. The topological polar surface area (TPSA) is 66.9 Å². The number of amides is 1. The zero-order valence-corrected chi connectivity index (χ0v) is 17.6.